The van der Waals surface area contributed by atoms with Gasteiger partial charge in [-0.05, 0) is 31.5 Å². The smallest absolute Gasteiger partial charge is 0.224 e. The van der Waals surface area contributed by atoms with Crippen molar-refractivity contribution in [3.05, 3.63) is 41.1 Å². The molecule has 1 aromatic heterocycles. The van der Waals surface area contributed by atoms with E-state index in [-0.39, 0.29) is 11.3 Å². The number of nitrogens with zero attached hydrogens (tertiary/aromatic N) is 1. The Hall–Kier alpha value is -2.30. The average molecular weight is 330 g/mol. The van der Waals surface area contributed by atoms with Gasteiger partial charge in [-0.2, -0.15) is 0 Å². The third-order valence-electron chi connectivity index (χ3n) is 3.74. The van der Waals surface area contributed by atoms with Crippen LogP contribution in [0, 0.1) is 13.8 Å². The lowest BCUT2D eigenvalue weighted by Crippen LogP contribution is -2.13. The van der Waals surface area contributed by atoms with Crippen LogP contribution in [0.1, 0.15) is 50.1 Å². The molecule has 5 heteroatoms. The van der Waals surface area contributed by atoms with Crippen LogP contribution in [-0.4, -0.2) is 18.0 Å². The minimum atomic E-state index is -0.139. The van der Waals surface area contributed by atoms with E-state index in [1.807, 2.05) is 32.0 Å². The number of benzene rings is 1. The van der Waals surface area contributed by atoms with Crippen LogP contribution in [0.15, 0.2) is 22.6 Å². The lowest BCUT2D eigenvalue weighted by atomic mass is 9.97. The van der Waals surface area contributed by atoms with Crippen LogP contribution >= 0.6 is 0 Å². The van der Waals surface area contributed by atoms with E-state index in [0.29, 0.717) is 30.2 Å². The Balaban J connectivity index is 2.02. The van der Waals surface area contributed by atoms with Crippen molar-refractivity contribution in [1.29, 1.82) is 0 Å². The molecule has 2 rings (SSSR count). The summed E-state index contributed by atoms with van der Waals surface area (Å²) in [6, 6.07) is 5.69. The Morgan fingerprint density at radius 1 is 1.29 bits per heavy atom. The molecule has 0 radical (unpaired) electrons. The first-order chi connectivity index (χ1) is 11.2. The zero-order chi connectivity index (χ0) is 17.9. The fourth-order valence-electron chi connectivity index (χ4n) is 2.34. The molecular formula is C19H26N2O3. The fraction of sp³-hybridized carbons (Fsp3) is 0.474. The number of carbonyl (C=O) groups is 1. The van der Waals surface area contributed by atoms with E-state index in [1.165, 1.54) is 0 Å². The molecule has 0 bridgehead atoms. The predicted octanol–water partition coefficient (Wildman–Crippen LogP) is 4.17. The van der Waals surface area contributed by atoms with Crippen molar-refractivity contribution in [3.8, 4) is 5.75 Å². The van der Waals surface area contributed by atoms with Crippen LogP contribution in [0.3, 0.4) is 0 Å². The monoisotopic (exact) mass is 330 g/mol. The van der Waals surface area contributed by atoms with E-state index in [4.69, 9.17) is 9.15 Å². The Bertz CT molecular complexity index is 727. The number of rotatable bonds is 5. The maximum atomic E-state index is 12.3. The summed E-state index contributed by atoms with van der Waals surface area (Å²) in [4.78, 5) is 16.7. The maximum absolute atomic E-state index is 12.3. The summed E-state index contributed by atoms with van der Waals surface area (Å²) in [6.45, 7) is 10.0. The number of ether oxygens (including phenoxy) is 1. The van der Waals surface area contributed by atoms with E-state index in [0.717, 1.165) is 17.0 Å². The van der Waals surface area contributed by atoms with Crippen molar-refractivity contribution in [2.75, 3.05) is 12.4 Å². The van der Waals surface area contributed by atoms with Crippen molar-refractivity contribution in [3.63, 3.8) is 0 Å². The number of carbonyl (C=O) groups excluding carboxylic acids is 1. The number of hydrogen-bond donors (Lipinski definition) is 1. The second-order valence-corrected chi connectivity index (χ2v) is 7.03. The van der Waals surface area contributed by atoms with Crippen LogP contribution in [0.4, 0.5) is 5.69 Å². The number of nitrogens with one attached hydrogen (secondary N) is 1. The molecule has 130 valence electrons. The third-order valence-corrected chi connectivity index (χ3v) is 3.74. The largest absolute Gasteiger partial charge is 0.495 e. The highest BCUT2D eigenvalue weighted by atomic mass is 16.5. The highest BCUT2D eigenvalue weighted by Crippen LogP contribution is 2.26. The quantitative estimate of drug-likeness (QED) is 0.893. The van der Waals surface area contributed by atoms with Gasteiger partial charge in [-0.1, -0.05) is 26.8 Å². The number of anilines is 1. The highest BCUT2D eigenvalue weighted by Gasteiger charge is 2.22. The molecule has 5 nitrogen and oxygen atoms in total. The number of hydrogen-bond acceptors (Lipinski definition) is 4. The molecule has 0 aliphatic heterocycles. The van der Waals surface area contributed by atoms with E-state index in [9.17, 15) is 4.79 Å². The highest BCUT2D eigenvalue weighted by molar-refractivity contribution is 5.92. The number of oxazole rings is 1. The number of aromatic nitrogens is 1. The van der Waals surface area contributed by atoms with Crippen molar-refractivity contribution in [2.45, 2.75) is 52.9 Å². The van der Waals surface area contributed by atoms with Crippen LogP contribution in [0.25, 0.3) is 0 Å². The van der Waals surface area contributed by atoms with Crippen molar-refractivity contribution in [1.82, 2.24) is 4.98 Å². The Morgan fingerprint density at radius 2 is 2.00 bits per heavy atom. The Kier molecular flexibility index (Phi) is 5.32. The van der Waals surface area contributed by atoms with E-state index in [2.05, 4.69) is 31.1 Å². The van der Waals surface area contributed by atoms with Crippen LogP contribution in [0.5, 0.6) is 5.75 Å². The second-order valence-electron chi connectivity index (χ2n) is 7.03. The molecule has 1 N–H and O–H groups in total. The first-order valence-corrected chi connectivity index (χ1v) is 8.12. The molecule has 0 unspecified atom stereocenters. The minimum Gasteiger partial charge on any atom is -0.495 e. The summed E-state index contributed by atoms with van der Waals surface area (Å²) in [6.07, 6.45) is 0.853. The molecule has 0 aliphatic rings. The first-order valence-electron chi connectivity index (χ1n) is 8.12. The predicted molar refractivity (Wildman–Crippen MR) is 94.6 cm³/mol. The molecule has 0 atom stereocenters. The Labute approximate surface area is 143 Å². The molecule has 0 saturated carbocycles. The van der Waals surface area contributed by atoms with Gasteiger partial charge in [0, 0.05) is 18.3 Å². The van der Waals surface area contributed by atoms with Crippen LogP contribution < -0.4 is 10.1 Å². The lowest BCUT2D eigenvalue weighted by molar-refractivity contribution is -0.116. The normalized spacial score (nSPS) is 11.4. The summed E-state index contributed by atoms with van der Waals surface area (Å²) in [5.41, 5.74) is 2.46. The molecule has 1 heterocycles. The van der Waals surface area contributed by atoms with E-state index >= 15 is 0 Å². The van der Waals surface area contributed by atoms with Gasteiger partial charge in [0.15, 0.2) is 5.89 Å². The molecule has 0 saturated heterocycles. The Morgan fingerprint density at radius 3 is 2.58 bits per heavy atom. The van der Waals surface area contributed by atoms with Gasteiger partial charge in [0.1, 0.15) is 11.5 Å². The maximum Gasteiger partial charge on any atom is 0.224 e. The summed E-state index contributed by atoms with van der Waals surface area (Å²) in [5, 5.41) is 2.90. The van der Waals surface area contributed by atoms with Gasteiger partial charge in [0.2, 0.25) is 5.91 Å². The third kappa shape index (κ3) is 4.37. The number of amides is 1. The van der Waals surface area contributed by atoms with Gasteiger partial charge in [0.05, 0.1) is 18.5 Å². The van der Waals surface area contributed by atoms with Crippen molar-refractivity contribution >= 4 is 11.6 Å². The lowest BCUT2D eigenvalue weighted by Gasteiger charge is -2.12. The van der Waals surface area contributed by atoms with Gasteiger partial charge in [-0.3, -0.25) is 4.79 Å². The summed E-state index contributed by atoms with van der Waals surface area (Å²) < 4.78 is 11.1. The summed E-state index contributed by atoms with van der Waals surface area (Å²) >= 11 is 0. The molecular weight excluding hydrogens is 304 g/mol. The molecule has 1 amide bonds. The van der Waals surface area contributed by atoms with E-state index in [1.54, 1.807) is 7.11 Å². The SMILES string of the molecule is COc1ccc(C)cc1NC(=O)CCc1oc(C(C)(C)C)nc1C. The standard InChI is InChI=1S/C19H26N2O3/c1-12-7-8-16(23-6)14(11-12)21-17(22)10-9-15-13(2)20-18(24-15)19(3,4)5/h7-8,11H,9-10H2,1-6H3,(H,21,22). The average Bonchev–Trinajstić information content (AvgIpc) is 2.87. The van der Waals surface area contributed by atoms with Crippen LogP contribution in [0.2, 0.25) is 0 Å². The zero-order valence-electron chi connectivity index (χ0n) is 15.3. The molecule has 24 heavy (non-hydrogen) atoms. The molecule has 2 aromatic rings. The second kappa shape index (κ2) is 7.07. The zero-order valence-corrected chi connectivity index (χ0v) is 15.3. The summed E-state index contributed by atoms with van der Waals surface area (Å²) in [5.74, 6) is 2.05. The number of aryl methyl sites for hydroxylation is 3. The number of methoxy groups -OCH3 is 1. The van der Waals surface area contributed by atoms with Gasteiger partial charge < -0.3 is 14.5 Å². The fourth-order valence-corrected chi connectivity index (χ4v) is 2.34. The van der Waals surface area contributed by atoms with Gasteiger partial charge in [0.25, 0.3) is 0 Å². The molecule has 0 fully saturated rings. The molecule has 0 spiro atoms. The van der Waals surface area contributed by atoms with Gasteiger partial charge in [-0.15, -0.1) is 0 Å². The summed E-state index contributed by atoms with van der Waals surface area (Å²) in [7, 11) is 1.59. The molecule has 1 aromatic carbocycles. The topological polar surface area (TPSA) is 64.4 Å². The first kappa shape index (κ1) is 18.0. The molecule has 0 aliphatic carbocycles. The van der Waals surface area contributed by atoms with Gasteiger partial charge >= 0.3 is 0 Å². The minimum absolute atomic E-state index is 0.0768. The van der Waals surface area contributed by atoms with Gasteiger partial charge in [-0.25, -0.2) is 4.98 Å². The van der Waals surface area contributed by atoms with Crippen molar-refractivity contribution in [2.24, 2.45) is 0 Å². The van der Waals surface area contributed by atoms with E-state index < -0.39 is 0 Å². The van der Waals surface area contributed by atoms with Crippen molar-refractivity contribution < 1.29 is 13.9 Å². The van der Waals surface area contributed by atoms with Crippen LogP contribution in [-0.2, 0) is 16.6 Å².